The summed E-state index contributed by atoms with van der Waals surface area (Å²) >= 11 is 0.992. The van der Waals surface area contributed by atoms with E-state index in [2.05, 4.69) is 0 Å². The Labute approximate surface area is 157 Å². The summed E-state index contributed by atoms with van der Waals surface area (Å²) in [6, 6.07) is 17.5. The number of carbonyl (C=O) groups is 2. The minimum atomic E-state index is -2.23. The van der Waals surface area contributed by atoms with Crippen LogP contribution in [0.1, 0.15) is 18.1 Å². The van der Waals surface area contributed by atoms with E-state index in [-0.39, 0.29) is 12.2 Å². The molecule has 0 aliphatic heterocycles. The van der Waals surface area contributed by atoms with Crippen LogP contribution in [0.4, 0.5) is 0 Å². The van der Waals surface area contributed by atoms with Gasteiger partial charge < -0.3 is 14.6 Å². The van der Waals surface area contributed by atoms with Gasteiger partial charge in [-0.05, 0) is 16.9 Å². The van der Waals surface area contributed by atoms with Crippen LogP contribution in [0.2, 0.25) is 0 Å². The van der Waals surface area contributed by atoms with Crippen LogP contribution in [0.25, 0.3) is 0 Å². The van der Waals surface area contributed by atoms with Crippen molar-refractivity contribution in [3.8, 4) is 0 Å². The van der Waals surface area contributed by atoms with Crippen molar-refractivity contribution in [2.75, 3.05) is 12.9 Å². The highest BCUT2D eigenvalue weighted by Gasteiger charge is 2.51. The first kappa shape index (κ1) is 20.2. The van der Waals surface area contributed by atoms with E-state index in [9.17, 15) is 14.7 Å². The summed E-state index contributed by atoms with van der Waals surface area (Å²) in [5.41, 5.74) is -1.16. The highest BCUT2D eigenvalue weighted by Crippen LogP contribution is 2.32. The van der Waals surface area contributed by atoms with Crippen molar-refractivity contribution in [2.24, 2.45) is 0 Å². The third-order valence-corrected chi connectivity index (χ3v) is 4.64. The van der Waals surface area contributed by atoms with Crippen LogP contribution in [-0.4, -0.2) is 35.2 Å². The SMILES string of the molecule is CCSC(=O)[C@@H](OCc1ccccc1)[C@@](O)(C(=O)OC)c1ccccc1. The quantitative estimate of drug-likeness (QED) is 0.717. The molecule has 0 aliphatic carbocycles. The number of aliphatic hydroxyl groups is 1. The van der Waals surface area contributed by atoms with Crippen molar-refractivity contribution >= 4 is 22.8 Å². The maximum absolute atomic E-state index is 12.7. The molecule has 0 unspecified atom stereocenters. The van der Waals surface area contributed by atoms with Gasteiger partial charge in [-0.1, -0.05) is 79.3 Å². The van der Waals surface area contributed by atoms with Crippen LogP contribution < -0.4 is 0 Å². The standard InChI is InChI=1S/C20H22O5S/c1-3-26-18(21)17(25-14-15-10-6-4-7-11-15)20(23,19(22)24-2)16-12-8-5-9-13-16/h4-13,17,23H,3,14H2,1-2H3/t17-,20-/m1/s1. The van der Waals surface area contributed by atoms with Crippen molar-refractivity contribution in [3.05, 3.63) is 71.8 Å². The Morgan fingerprint density at radius 3 is 2.19 bits per heavy atom. The minimum Gasteiger partial charge on any atom is -0.467 e. The lowest BCUT2D eigenvalue weighted by Crippen LogP contribution is -2.52. The first-order valence-corrected chi connectivity index (χ1v) is 9.21. The molecule has 26 heavy (non-hydrogen) atoms. The maximum atomic E-state index is 12.7. The molecule has 5 nitrogen and oxygen atoms in total. The van der Waals surface area contributed by atoms with Gasteiger partial charge in [0.2, 0.25) is 10.7 Å². The van der Waals surface area contributed by atoms with E-state index in [1.807, 2.05) is 37.3 Å². The van der Waals surface area contributed by atoms with Crippen molar-refractivity contribution in [1.29, 1.82) is 0 Å². The molecular formula is C20H22O5S. The molecule has 0 amide bonds. The fraction of sp³-hybridized carbons (Fsp3) is 0.300. The Morgan fingerprint density at radius 2 is 1.65 bits per heavy atom. The fourth-order valence-electron chi connectivity index (χ4n) is 2.56. The molecule has 0 aliphatic rings. The van der Waals surface area contributed by atoms with E-state index in [1.165, 1.54) is 7.11 Å². The second-order valence-corrected chi connectivity index (χ2v) is 6.82. The van der Waals surface area contributed by atoms with Gasteiger partial charge in [0.15, 0.2) is 6.10 Å². The van der Waals surface area contributed by atoms with E-state index in [0.717, 1.165) is 17.3 Å². The molecule has 2 atom stereocenters. The monoisotopic (exact) mass is 374 g/mol. The predicted octanol–water partition coefficient (Wildman–Crippen LogP) is 2.91. The summed E-state index contributed by atoms with van der Waals surface area (Å²) < 4.78 is 10.6. The first-order chi connectivity index (χ1) is 12.5. The van der Waals surface area contributed by atoms with Gasteiger partial charge in [0.1, 0.15) is 0 Å². The van der Waals surface area contributed by atoms with Crippen LogP contribution in [0, 0.1) is 0 Å². The average molecular weight is 374 g/mol. The molecule has 2 aromatic carbocycles. The maximum Gasteiger partial charge on any atom is 0.345 e. The van der Waals surface area contributed by atoms with Gasteiger partial charge in [0, 0.05) is 0 Å². The second-order valence-electron chi connectivity index (χ2n) is 5.55. The minimum absolute atomic E-state index is 0.0770. The van der Waals surface area contributed by atoms with Crippen LogP contribution in [0.15, 0.2) is 60.7 Å². The Bertz CT molecular complexity index is 719. The lowest BCUT2D eigenvalue weighted by molar-refractivity contribution is -0.185. The summed E-state index contributed by atoms with van der Waals surface area (Å²) in [4.78, 5) is 25.2. The van der Waals surface area contributed by atoms with Gasteiger partial charge in [-0.3, -0.25) is 4.79 Å². The first-order valence-electron chi connectivity index (χ1n) is 8.22. The van der Waals surface area contributed by atoms with Crippen molar-refractivity contribution in [1.82, 2.24) is 0 Å². The molecule has 0 bridgehead atoms. The van der Waals surface area contributed by atoms with Crippen LogP contribution in [-0.2, 0) is 31.3 Å². The molecule has 0 saturated heterocycles. The zero-order valence-electron chi connectivity index (χ0n) is 14.8. The summed E-state index contributed by atoms with van der Waals surface area (Å²) in [6.45, 7) is 1.89. The van der Waals surface area contributed by atoms with E-state index in [0.29, 0.717) is 5.75 Å². The molecule has 0 spiro atoms. The van der Waals surface area contributed by atoms with Gasteiger partial charge in [-0.15, -0.1) is 0 Å². The molecule has 0 radical (unpaired) electrons. The predicted molar refractivity (Wildman–Crippen MR) is 101 cm³/mol. The number of hydrogen-bond donors (Lipinski definition) is 1. The average Bonchev–Trinajstić information content (AvgIpc) is 2.69. The normalized spacial score (nSPS) is 14.3. The zero-order chi connectivity index (χ0) is 19.0. The summed E-state index contributed by atoms with van der Waals surface area (Å²) in [5.74, 6) is -0.442. The molecule has 6 heteroatoms. The molecule has 0 heterocycles. The highest BCUT2D eigenvalue weighted by molar-refractivity contribution is 8.13. The van der Waals surface area contributed by atoms with E-state index in [4.69, 9.17) is 9.47 Å². The summed E-state index contributed by atoms with van der Waals surface area (Å²) in [6.07, 6.45) is -1.40. The molecule has 0 saturated carbocycles. The molecule has 1 N–H and O–H groups in total. The molecule has 2 aromatic rings. The third kappa shape index (κ3) is 4.52. The number of methoxy groups -OCH3 is 1. The second kappa shape index (κ2) is 9.52. The van der Waals surface area contributed by atoms with Crippen molar-refractivity contribution in [2.45, 2.75) is 25.2 Å². The molecule has 138 valence electrons. The van der Waals surface area contributed by atoms with E-state index < -0.39 is 22.8 Å². The number of ether oxygens (including phenoxy) is 2. The van der Waals surface area contributed by atoms with Gasteiger partial charge >= 0.3 is 5.97 Å². The number of benzene rings is 2. The number of esters is 1. The van der Waals surface area contributed by atoms with Gasteiger partial charge in [-0.2, -0.15) is 0 Å². The Kier molecular flexibility index (Phi) is 7.38. The third-order valence-electron chi connectivity index (χ3n) is 3.85. The number of thioether (sulfide) groups is 1. The Hall–Kier alpha value is -2.15. The van der Waals surface area contributed by atoms with Crippen molar-refractivity contribution < 1.29 is 24.2 Å². The topological polar surface area (TPSA) is 72.8 Å². The van der Waals surface area contributed by atoms with Gasteiger partial charge in [-0.25, -0.2) is 4.79 Å². The zero-order valence-corrected chi connectivity index (χ0v) is 15.6. The lowest BCUT2D eigenvalue weighted by atomic mass is 9.88. The van der Waals surface area contributed by atoms with Crippen molar-refractivity contribution in [3.63, 3.8) is 0 Å². The summed E-state index contributed by atoms with van der Waals surface area (Å²) in [5, 5.41) is 10.8. The number of hydrogen-bond acceptors (Lipinski definition) is 6. The van der Waals surface area contributed by atoms with Crippen LogP contribution in [0.5, 0.6) is 0 Å². The number of rotatable bonds is 8. The molecule has 2 rings (SSSR count). The fourth-order valence-corrected chi connectivity index (χ4v) is 3.23. The Balaban J connectivity index is 2.41. The number of carbonyl (C=O) groups excluding carboxylic acids is 2. The van der Waals surface area contributed by atoms with E-state index in [1.54, 1.807) is 30.3 Å². The Morgan fingerprint density at radius 1 is 1.08 bits per heavy atom. The largest absolute Gasteiger partial charge is 0.467 e. The lowest BCUT2D eigenvalue weighted by Gasteiger charge is -2.32. The smallest absolute Gasteiger partial charge is 0.345 e. The highest BCUT2D eigenvalue weighted by atomic mass is 32.2. The van der Waals surface area contributed by atoms with Gasteiger partial charge in [0.25, 0.3) is 0 Å². The molecular weight excluding hydrogens is 352 g/mol. The van der Waals surface area contributed by atoms with E-state index >= 15 is 0 Å². The van der Waals surface area contributed by atoms with Crippen LogP contribution in [0.3, 0.4) is 0 Å². The summed E-state index contributed by atoms with van der Waals surface area (Å²) in [7, 11) is 1.17. The van der Waals surface area contributed by atoms with Crippen LogP contribution >= 0.6 is 11.8 Å². The molecule has 0 fully saturated rings. The molecule has 0 aromatic heterocycles. The van der Waals surface area contributed by atoms with Gasteiger partial charge in [0.05, 0.1) is 13.7 Å².